The molecule has 1 spiro atoms. The Morgan fingerprint density at radius 3 is 2.65 bits per heavy atom. The number of ketones is 1. The van der Waals surface area contributed by atoms with Gasteiger partial charge in [-0.05, 0) is 67.3 Å². The standard InChI is InChI=1S/C30H28Cl2N2O3/c1-2-37-22-9-3-6-18(14-22)17-34-25-10-5-11-26(35)27(25)28(19-7-4-8-20(31)15-19)30(34)23-13-12-21(32)16-24(23)33-29(30)36/h3-4,6-9,12-16,25,27-28H,2,5,10-11,17H2,1H3,(H,33,36)/t25-,27-,28-,30+/m0/s1. The number of benzene rings is 3. The third kappa shape index (κ3) is 3.87. The normalized spacial score (nSPS) is 26.7. The Hall–Kier alpha value is -2.86. The van der Waals surface area contributed by atoms with E-state index in [4.69, 9.17) is 27.9 Å². The van der Waals surface area contributed by atoms with Crippen molar-refractivity contribution in [3.63, 3.8) is 0 Å². The van der Waals surface area contributed by atoms with Gasteiger partial charge in [0.1, 0.15) is 17.1 Å². The summed E-state index contributed by atoms with van der Waals surface area (Å²) in [6.07, 6.45) is 2.18. The van der Waals surface area contributed by atoms with Crippen LogP contribution in [0.2, 0.25) is 10.0 Å². The van der Waals surface area contributed by atoms with Crippen molar-refractivity contribution >= 4 is 40.6 Å². The minimum Gasteiger partial charge on any atom is -0.494 e. The van der Waals surface area contributed by atoms with Gasteiger partial charge in [0.25, 0.3) is 0 Å². The number of fused-ring (bicyclic) bond motifs is 3. The molecule has 3 aromatic rings. The van der Waals surface area contributed by atoms with Gasteiger partial charge in [-0.1, -0.05) is 53.5 Å². The first kappa shape index (κ1) is 24.5. The molecule has 1 amide bonds. The Morgan fingerprint density at radius 1 is 1.03 bits per heavy atom. The molecule has 2 fully saturated rings. The van der Waals surface area contributed by atoms with Crippen LogP contribution in [0.1, 0.15) is 48.8 Å². The molecule has 3 aliphatic rings. The molecule has 1 saturated heterocycles. The van der Waals surface area contributed by atoms with Crippen LogP contribution < -0.4 is 10.1 Å². The summed E-state index contributed by atoms with van der Waals surface area (Å²) in [5.74, 6) is 0.161. The van der Waals surface area contributed by atoms with Gasteiger partial charge in [0, 0.05) is 52.1 Å². The number of nitrogens with one attached hydrogen (secondary N) is 1. The molecular formula is C30H28Cl2N2O3. The molecule has 4 atom stereocenters. The van der Waals surface area contributed by atoms with E-state index in [0.29, 0.717) is 35.3 Å². The Labute approximate surface area is 226 Å². The summed E-state index contributed by atoms with van der Waals surface area (Å²) >= 11 is 12.8. The quantitative estimate of drug-likeness (QED) is 0.401. The van der Waals surface area contributed by atoms with E-state index < -0.39 is 5.54 Å². The first-order valence-corrected chi connectivity index (χ1v) is 13.6. The van der Waals surface area contributed by atoms with Gasteiger partial charge >= 0.3 is 0 Å². The number of ether oxygens (including phenoxy) is 1. The second kappa shape index (κ2) is 9.46. The number of likely N-dealkylation sites (tertiary alicyclic amines) is 1. The van der Waals surface area contributed by atoms with Crippen LogP contribution in [0.4, 0.5) is 5.69 Å². The summed E-state index contributed by atoms with van der Waals surface area (Å²) in [6.45, 7) is 3.03. The van der Waals surface area contributed by atoms with E-state index in [-0.39, 0.29) is 29.6 Å². The molecule has 3 aromatic carbocycles. The molecular weight excluding hydrogens is 507 g/mol. The summed E-state index contributed by atoms with van der Waals surface area (Å²) in [7, 11) is 0. The van der Waals surface area contributed by atoms with Crippen LogP contribution in [-0.4, -0.2) is 29.2 Å². The van der Waals surface area contributed by atoms with Gasteiger partial charge in [-0.2, -0.15) is 0 Å². The van der Waals surface area contributed by atoms with Gasteiger partial charge in [-0.15, -0.1) is 0 Å². The second-order valence-electron chi connectivity index (χ2n) is 10.1. The van der Waals surface area contributed by atoms with Crippen LogP contribution in [0, 0.1) is 5.92 Å². The number of rotatable bonds is 5. The van der Waals surface area contributed by atoms with Crippen molar-refractivity contribution in [1.82, 2.24) is 4.90 Å². The molecule has 6 rings (SSSR count). The van der Waals surface area contributed by atoms with E-state index in [0.717, 1.165) is 35.3 Å². The molecule has 0 radical (unpaired) electrons. The lowest BCUT2D eigenvalue weighted by Crippen LogP contribution is -2.51. The fourth-order valence-corrected chi connectivity index (χ4v) is 7.25. The average Bonchev–Trinajstić information content (AvgIpc) is 3.32. The summed E-state index contributed by atoms with van der Waals surface area (Å²) in [4.78, 5) is 30.2. The van der Waals surface area contributed by atoms with Gasteiger partial charge in [0.05, 0.1) is 6.61 Å². The number of hydrogen-bond acceptors (Lipinski definition) is 4. The molecule has 1 N–H and O–H groups in total. The van der Waals surface area contributed by atoms with Gasteiger partial charge in [0.15, 0.2) is 0 Å². The molecule has 0 aromatic heterocycles. The lowest BCUT2D eigenvalue weighted by atomic mass is 9.68. The topological polar surface area (TPSA) is 58.6 Å². The Morgan fingerprint density at radius 2 is 1.84 bits per heavy atom. The van der Waals surface area contributed by atoms with Crippen molar-refractivity contribution < 1.29 is 14.3 Å². The summed E-state index contributed by atoms with van der Waals surface area (Å²) < 4.78 is 5.76. The largest absolute Gasteiger partial charge is 0.494 e. The van der Waals surface area contributed by atoms with Crippen molar-refractivity contribution in [1.29, 1.82) is 0 Å². The number of halogens is 2. The van der Waals surface area contributed by atoms with E-state index in [9.17, 15) is 9.59 Å². The Kier molecular flexibility index (Phi) is 6.26. The minimum absolute atomic E-state index is 0.0895. The monoisotopic (exact) mass is 534 g/mol. The zero-order valence-electron chi connectivity index (χ0n) is 20.5. The van der Waals surface area contributed by atoms with Gasteiger partial charge in [0.2, 0.25) is 5.91 Å². The summed E-state index contributed by atoms with van der Waals surface area (Å²) in [5.41, 5.74) is 2.41. The maximum absolute atomic E-state index is 14.3. The highest BCUT2D eigenvalue weighted by Crippen LogP contribution is 2.61. The lowest BCUT2D eigenvalue weighted by molar-refractivity contribution is -0.128. The average molecular weight is 535 g/mol. The Bertz CT molecular complexity index is 1390. The van der Waals surface area contributed by atoms with E-state index in [1.165, 1.54) is 0 Å². The molecule has 1 saturated carbocycles. The maximum Gasteiger partial charge on any atom is 0.250 e. The predicted molar refractivity (Wildman–Crippen MR) is 145 cm³/mol. The van der Waals surface area contributed by atoms with Crippen LogP contribution in [0.3, 0.4) is 0 Å². The minimum atomic E-state index is -1.08. The molecule has 0 unspecified atom stereocenters. The molecule has 2 aliphatic heterocycles. The molecule has 1 aliphatic carbocycles. The molecule has 5 nitrogen and oxygen atoms in total. The van der Waals surface area contributed by atoms with E-state index >= 15 is 0 Å². The highest BCUT2D eigenvalue weighted by molar-refractivity contribution is 6.31. The smallest absolute Gasteiger partial charge is 0.250 e. The third-order valence-electron chi connectivity index (χ3n) is 8.13. The third-order valence-corrected chi connectivity index (χ3v) is 8.60. The predicted octanol–water partition coefficient (Wildman–Crippen LogP) is 6.58. The van der Waals surface area contributed by atoms with Gasteiger partial charge in [-0.25, -0.2) is 0 Å². The molecule has 7 heteroatoms. The number of amides is 1. The molecule has 37 heavy (non-hydrogen) atoms. The number of anilines is 1. The zero-order chi connectivity index (χ0) is 25.7. The summed E-state index contributed by atoms with van der Waals surface area (Å²) in [6, 6.07) is 21.1. The fraction of sp³-hybridized carbons (Fsp3) is 0.333. The highest BCUT2D eigenvalue weighted by Gasteiger charge is 2.68. The van der Waals surface area contributed by atoms with Crippen molar-refractivity contribution in [2.75, 3.05) is 11.9 Å². The van der Waals surface area contributed by atoms with E-state index in [2.05, 4.69) is 16.3 Å². The van der Waals surface area contributed by atoms with Crippen LogP contribution in [0.15, 0.2) is 66.7 Å². The Balaban J connectivity index is 1.59. The van der Waals surface area contributed by atoms with E-state index in [1.807, 2.05) is 61.5 Å². The van der Waals surface area contributed by atoms with Crippen LogP contribution in [0.5, 0.6) is 5.75 Å². The fourth-order valence-electron chi connectivity index (χ4n) is 6.88. The number of carbonyl (C=O) groups is 2. The first-order chi connectivity index (χ1) is 17.9. The molecule has 190 valence electrons. The van der Waals surface area contributed by atoms with Crippen LogP contribution in [-0.2, 0) is 21.7 Å². The number of carbonyl (C=O) groups excluding carboxylic acids is 2. The molecule has 2 heterocycles. The second-order valence-corrected chi connectivity index (χ2v) is 11.0. The van der Waals surface area contributed by atoms with Crippen molar-refractivity contribution in [3.05, 3.63) is 93.5 Å². The van der Waals surface area contributed by atoms with Crippen LogP contribution in [0.25, 0.3) is 0 Å². The van der Waals surface area contributed by atoms with Crippen LogP contribution >= 0.6 is 23.2 Å². The van der Waals surface area contributed by atoms with Gasteiger partial charge in [-0.3, -0.25) is 14.5 Å². The number of nitrogens with zero attached hydrogens (tertiary/aromatic N) is 1. The SMILES string of the molecule is CCOc1cccc(CN2[C@H]3CCCC(=O)[C@H]3[C@H](c3cccc(Cl)c3)[C@]23C(=O)Nc2cc(Cl)ccc23)c1. The first-order valence-electron chi connectivity index (χ1n) is 12.8. The number of hydrogen-bond donors (Lipinski definition) is 1. The van der Waals surface area contributed by atoms with Crippen molar-refractivity contribution in [2.24, 2.45) is 5.92 Å². The van der Waals surface area contributed by atoms with Crippen molar-refractivity contribution in [3.8, 4) is 5.75 Å². The highest BCUT2D eigenvalue weighted by atomic mass is 35.5. The number of Topliss-reactive ketones (excluding diaryl/α,β-unsaturated/α-hetero) is 1. The van der Waals surface area contributed by atoms with Crippen molar-refractivity contribution in [2.45, 2.75) is 50.2 Å². The maximum atomic E-state index is 14.3. The lowest BCUT2D eigenvalue weighted by Gasteiger charge is -2.40. The van der Waals surface area contributed by atoms with Gasteiger partial charge < -0.3 is 10.1 Å². The van der Waals surface area contributed by atoms with E-state index in [1.54, 1.807) is 6.07 Å². The molecule has 0 bridgehead atoms. The zero-order valence-corrected chi connectivity index (χ0v) is 22.1. The summed E-state index contributed by atoms with van der Waals surface area (Å²) in [5, 5.41) is 4.26.